The van der Waals surface area contributed by atoms with Crippen LogP contribution >= 0.6 is 31.4 Å². The monoisotopic (exact) mass is 534 g/mol. The molecule has 0 spiro atoms. The van der Waals surface area contributed by atoms with Gasteiger partial charge in [0.05, 0.1) is 0 Å². The number of furan rings is 1. The van der Waals surface area contributed by atoms with Gasteiger partial charge in [0.1, 0.15) is 0 Å². The normalized spacial score (nSPS) is 13.9. The third kappa shape index (κ3) is 2.61. The first-order valence-corrected chi connectivity index (χ1v) is 14.2. The Balaban J connectivity index is 1.38. The standard InChI is InChI=1S/C26H16ClIN2O/c27-17-10-12-21-23(14-17)30-22-7-3-2-6-20(22)28(26(30)29-21)15-16-9-11-19-18-5-1-4-8-24(18)31-25(19)13-16/h1-14H,15H2. The fourth-order valence-corrected chi connectivity index (χ4v) is 10.6. The molecule has 7 rings (SSSR count). The summed E-state index contributed by atoms with van der Waals surface area (Å²) < 4.78 is 12.2. The molecule has 3 nitrogen and oxygen atoms in total. The molecule has 0 bridgehead atoms. The van der Waals surface area contributed by atoms with E-state index >= 15 is 0 Å². The molecule has 0 unspecified atom stereocenters. The zero-order valence-corrected chi connectivity index (χ0v) is 19.3. The molecule has 0 radical (unpaired) electrons. The van der Waals surface area contributed by atoms with Crippen LogP contribution in [0.1, 0.15) is 5.56 Å². The first-order valence-electron chi connectivity index (χ1n) is 10.1. The molecule has 0 aliphatic carbocycles. The van der Waals surface area contributed by atoms with Crippen molar-refractivity contribution in [3.8, 4) is 5.69 Å². The molecule has 6 aromatic rings. The maximum absolute atomic E-state index is 6.32. The molecule has 150 valence electrons. The van der Waals surface area contributed by atoms with Gasteiger partial charge in [0.25, 0.3) is 0 Å². The van der Waals surface area contributed by atoms with Crippen LogP contribution in [0.25, 0.3) is 38.7 Å². The van der Waals surface area contributed by atoms with Crippen molar-refractivity contribution in [3.63, 3.8) is 0 Å². The van der Waals surface area contributed by atoms with E-state index in [4.69, 9.17) is 21.0 Å². The quantitative estimate of drug-likeness (QED) is 0.169. The number of aromatic nitrogens is 2. The van der Waals surface area contributed by atoms with Gasteiger partial charge in [0, 0.05) is 0 Å². The fourth-order valence-electron chi connectivity index (χ4n) is 4.46. The van der Waals surface area contributed by atoms with Crippen LogP contribution in [0.5, 0.6) is 0 Å². The molecule has 1 aliphatic heterocycles. The molecule has 0 N–H and O–H groups in total. The molecule has 2 aromatic heterocycles. The number of para-hydroxylation sites is 2. The summed E-state index contributed by atoms with van der Waals surface area (Å²) in [5.74, 6) is 0. The molecule has 5 heteroatoms. The molecule has 31 heavy (non-hydrogen) atoms. The topological polar surface area (TPSA) is 31.0 Å². The van der Waals surface area contributed by atoms with Gasteiger partial charge < -0.3 is 0 Å². The molecule has 0 saturated carbocycles. The van der Waals surface area contributed by atoms with Gasteiger partial charge in [-0.2, -0.15) is 0 Å². The number of alkyl halides is 1. The van der Waals surface area contributed by atoms with E-state index in [9.17, 15) is 0 Å². The zero-order valence-electron chi connectivity index (χ0n) is 16.3. The Labute approximate surface area is 190 Å². The molecule has 3 heterocycles. The average molecular weight is 535 g/mol. The van der Waals surface area contributed by atoms with Gasteiger partial charge in [-0.1, -0.05) is 0 Å². The molecule has 0 amide bonds. The van der Waals surface area contributed by atoms with Crippen molar-refractivity contribution in [1.29, 1.82) is 0 Å². The summed E-state index contributed by atoms with van der Waals surface area (Å²) >= 11 is 4.56. The summed E-state index contributed by atoms with van der Waals surface area (Å²) in [6, 6.07) is 29.6. The van der Waals surface area contributed by atoms with Gasteiger partial charge >= 0.3 is 191 Å². The van der Waals surface area contributed by atoms with Crippen LogP contribution in [0.2, 0.25) is 5.02 Å². The molecule has 1 aliphatic rings. The van der Waals surface area contributed by atoms with Gasteiger partial charge in [-0.05, 0) is 0 Å². The van der Waals surface area contributed by atoms with Crippen LogP contribution in [0.15, 0.2) is 89.3 Å². The predicted molar refractivity (Wildman–Crippen MR) is 135 cm³/mol. The van der Waals surface area contributed by atoms with E-state index in [1.54, 1.807) is 0 Å². The maximum atomic E-state index is 6.32. The van der Waals surface area contributed by atoms with E-state index in [0.717, 1.165) is 31.6 Å². The Morgan fingerprint density at radius 2 is 1.68 bits per heavy atom. The fraction of sp³-hybridized carbons (Fsp3) is 0.0385. The number of nitrogens with zero attached hydrogens (tertiary/aromatic N) is 2. The molecule has 0 atom stereocenters. The summed E-state index contributed by atoms with van der Waals surface area (Å²) in [4.78, 5) is 5.07. The Bertz CT molecular complexity index is 1650. The van der Waals surface area contributed by atoms with Crippen molar-refractivity contribution in [1.82, 2.24) is 9.55 Å². The van der Waals surface area contributed by atoms with Crippen molar-refractivity contribution in [3.05, 3.63) is 103 Å². The van der Waals surface area contributed by atoms with E-state index < -0.39 is 19.8 Å². The van der Waals surface area contributed by atoms with Gasteiger partial charge in [-0.3, -0.25) is 0 Å². The predicted octanol–water partition coefficient (Wildman–Crippen LogP) is 7.64. The number of fused-ring (bicyclic) bond motifs is 8. The minimum absolute atomic E-state index is 0.746. The zero-order chi connectivity index (χ0) is 20.5. The van der Waals surface area contributed by atoms with Crippen LogP contribution in [0.3, 0.4) is 0 Å². The second-order valence-corrected chi connectivity index (χ2v) is 13.1. The third-order valence-electron chi connectivity index (χ3n) is 5.85. The van der Waals surface area contributed by atoms with Crippen molar-refractivity contribution in [2.45, 2.75) is 4.43 Å². The number of benzene rings is 4. The van der Waals surface area contributed by atoms with E-state index in [1.165, 1.54) is 29.4 Å². The van der Waals surface area contributed by atoms with E-state index in [0.29, 0.717) is 0 Å². The summed E-state index contributed by atoms with van der Waals surface area (Å²) in [5, 5.41) is 3.10. The summed E-state index contributed by atoms with van der Waals surface area (Å²) in [6.07, 6.45) is 0. The molecule has 0 fully saturated rings. The first-order chi connectivity index (χ1) is 15.3. The molecule has 4 aromatic carbocycles. The first kappa shape index (κ1) is 17.8. The number of imidazole rings is 1. The van der Waals surface area contributed by atoms with Gasteiger partial charge in [0.15, 0.2) is 0 Å². The Morgan fingerprint density at radius 1 is 0.839 bits per heavy atom. The minimum atomic E-state index is -1.76. The summed E-state index contributed by atoms with van der Waals surface area (Å²) in [5.41, 5.74) is 6.59. The van der Waals surface area contributed by atoms with Gasteiger partial charge in [-0.15, -0.1) is 0 Å². The SMILES string of the molecule is Clc1ccc2nc3n(c2c1)-c1ccccc1I3Cc1ccc2c(c1)oc1ccccc12. The van der Waals surface area contributed by atoms with Crippen LogP contribution in [-0.2, 0) is 4.43 Å². The van der Waals surface area contributed by atoms with Crippen LogP contribution < -0.4 is 0 Å². The number of halogens is 2. The molecule has 0 saturated heterocycles. The average Bonchev–Trinajstić information content (AvgIpc) is 3.43. The van der Waals surface area contributed by atoms with Crippen LogP contribution in [0, 0.1) is 7.40 Å². The second kappa shape index (κ2) is 6.58. The third-order valence-corrected chi connectivity index (χ3v) is 11.9. The van der Waals surface area contributed by atoms with Crippen molar-refractivity contribution in [2.24, 2.45) is 0 Å². The number of hydrogen-bond donors (Lipinski definition) is 0. The number of hydrogen-bond acceptors (Lipinski definition) is 2. The van der Waals surface area contributed by atoms with E-state index in [-0.39, 0.29) is 0 Å². The van der Waals surface area contributed by atoms with Crippen LogP contribution in [0.4, 0.5) is 0 Å². The van der Waals surface area contributed by atoms with Gasteiger partial charge in [-0.25, -0.2) is 0 Å². The Kier molecular flexibility index (Phi) is 3.78. The van der Waals surface area contributed by atoms with Gasteiger partial charge in [0.2, 0.25) is 0 Å². The van der Waals surface area contributed by atoms with Crippen molar-refractivity contribution < 1.29 is 4.42 Å². The summed E-state index contributed by atoms with van der Waals surface area (Å²) in [7, 11) is 0. The molecular formula is C26H16ClIN2O. The van der Waals surface area contributed by atoms with E-state index in [2.05, 4.69) is 59.2 Å². The van der Waals surface area contributed by atoms with Crippen molar-refractivity contribution >= 4 is 64.4 Å². The number of rotatable bonds is 2. The Morgan fingerprint density at radius 3 is 2.65 bits per heavy atom. The second-order valence-electron chi connectivity index (χ2n) is 7.72. The summed E-state index contributed by atoms with van der Waals surface area (Å²) in [6.45, 7) is 0. The van der Waals surface area contributed by atoms with Crippen molar-refractivity contribution in [2.75, 3.05) is 0 Å². The van der Waals surface area contributed by atoms with E-state index in [1.807, 2.05) is 30.3 Å². The van der Waals surface area contributed by atoms with Crippen LogP contribution in [-0.4, -0.2) is 9.55 Å². The molecular weight excluding hydrogens is 519 g/mol. The Hall–Kier alpha value is -2.83.